The Bertz CT molecular complexity index is 1130. The van der Waals surface area contributed by atoms with E-state index in [0.29, 0.717) is 5.82 Å². The van der Waals surface area contributed by atoms with Crippen LogP contribution >= 0.6 is 22.7 Å². The second-order valence-corrected chi connectivity index (χ2v) is 9.27. The van der Waals surface area contributed by atoms with Crippen molar-refractivity contribution in [3.05, 3.63) is 57.4 Å². The maximum atomic E-state index is 10.9. The molecule has 0 bridgehead atoms. The van der Waals surface area contributed by atoms with Crippen LogP contribution in [0.4, 0.5) is 5.69 Å². The molecule has 30 heavy (non-hydrogen) atoms. The Hall–Kier alpha value is -2.62. The molecule has 0 aliphatic carbocycles. The highest BCUT2D eigenvalue weighted by Gasteiger charge is 2.32. The number of nitrogens with zero attached hydrogens (tertiary/aromatic N) is 5. The third kappa shape index (κ3) is 3.42. The maximum absolute atomic E-state index is 10.9. The van der Waals surface area contributed by atoms with Gasteiger partial charge in [-0.2, -0.15) is 4.52 Å². The summed E-state index contributed by atoms with van der Waals surface area (Å²) >= 11 is 3.24. The van der Waals surface area contributed by atoms with E-state index in [1.807, 2.05) is 19.1 Å². The van der Waals surface area contributed by atoms with Crippen LogP contribution in [-0.2, 0) is 0 Å². The highest BCUT2D eigenvalue weighted by atomic mass is 32.1. The van der Waals surface area contributed by atoms with Gasteiger partial charge in [0.2, 0.25) is 10.8 Å². The van der Waals surface area contributed by atoms with E-state index in [1.54, 1.807) is 23.0 Å². The van der Waals surface area contributed by atoms with Crippen LogP contribution in [0.3, 0.4) is 0 Å². The van der Waals surface area contributed by atoms with Crippen molar-refractivity contribution in [1.82, 2.24) is 19.5 Å². The topological polar surface area (TPSA) is 66.1 Å². The van der Waals surface area contributed by atoms with E-state index in [2.05, 4.69) is 49.5 Å². The van der Waals surface area contributed by atoms with Gasteiger partial charge in [0.05, 0.1) is 18.0 Å². The molecule has 1 aliphatic rings. The predicted octanol–water partition coefficient (Wildman–Crippen LogP) is 3.79. The summed E-state index contributed by atoms with van der Waals surface area (Å²) in [5, 5.41) is 17.3. The number of anilines is 1. The van der Waals surface area contributed by atoms with Gasteiger partial charge < -0.3 is 14.7 Å². The van der Waals surface area contributed by atoms with Crippen molar-refractivity contribution >= 4 is 33.3 Å². The van der Waals surface area contributed by atoms with Crippen molar-refractivity contribution in [2.24, 2.45) is 0 Å². The average molecular weight is 442 g/mol. The van der Waals surface area contributed by atoms with Crippen LogP contribution in [0.15, 0.2) is 41.8 Å². The summed E-state index contributed by atoms with van der Waals surface area (Å²) in [5.41, 5.74) is 1.21. The van der Waals surface area contributed by atoms with Crippen LogP contribution in [0, 0.1) is 6.92 Å². The highest BCUT2D eigenvalue weighted by Crippen LogP contribution is 2.41. The van der Waals surface area contributed by atoms with E-state index in [-0.39, 0.29) is 11.9 Å². The van der Waals surface area contributed by atoms with Gasteiger partial charge >= 0.3 is 0 Å². The van der Waals surface area contributed by atoms with Crippen LogP contribution in [0.5, 0.6) is 11.6 Å². The zero-order chi connectivity index (χ0) is 20.7. The van der Waals surface area contributed by atoms with Crippen molar-refractivity contribution in [3.63, 3.8) is 0 Å². The van der Waals surface area contributed by atoms with Gasteiger partial charge in [0.1, 0.15) is 11.6 Å². The number of benzene rings is 1. The Morgan fingerprint density at radius 1 is 1.10 bits per heavy atom. The quantitative estimate of drug-likeness (QED) is 0.508. The van der Waals surface area contributed by atoms with Gasteiger partial charge in [-0.25, -0.2) is 4.98 Å². The Labute approximate surface area is 182 Å². The number of methoxy groups -OCH3 is 1. The van der Waals surface area contributed by atoms with E-state index >= 15 is 0 Å². The maximum Gasteiger partial charge on any atom is 0.230 e. The van der Waals surface area contributed by atoms with Crippen LogP contribution in [0.2, 0.25) is 0 Å². The Kier molecular flexibility index (Phi) is 5.10. The zero-order valence-electron chi connectivity index (χ0n) is 16.9. The minimum absolute atomic E-state index is 0.0109. The summed E-state index contributed by atoms with van der Waals surface area (Å²) in [4.78, 5) is 12.2. The molecule has 4 heterocycles. The normalized spacial score (nSPS) is 16.3. The molecule has 1 atom stereocenters. The van der Waals surface area contributed by atoms with Crippen LogP contribution in [0.1, 0.15) is 21.6 Å². The molecule has 0 spiro atoms. The number of ether oxygens (including phenoxy) is 1. The van der Waals surface area contributed by atoms with Gasteiger partial charge in [-0.15, -0.1) is 16.4 Å². The van der Waals surface area contributed by atoms with Gasteiger partial charge in [-0.1, -0.05) is 17.4 Å². The highest BCUT2D eigenvalue weighted by molar-refractivity contribution is 7.17. The fourth-order valence-corrected chi connectivity index (χ4v) is 6.07. The number of rotatable bonds is 5. The van der Waals surface area contributed by atoms with E-state index in [9.17, 15) is 5.11 Å². The summed E-state index contributed by atoms with van der Waals surface area (Å²) in [6.07, 6.45) is 0. The Balaban J connectivity index is 1.40. The molecule has 0 unspecified atom stereocenters. The summed E-state index contributed by atoms with van der Waals surface area (Å²) in [7, 11) is 1.69. The number of thiophene rings is 1. The first-order valence-electron chi connectivity index (χ1n) is 9.85. The summed E-state index contributed by atoms with van der Waals surface area (Å²) in [6.45, 7) is 5.50. The minimum atomic E-state index is 0.0109. The fourth-order valence-electron chi connectivity index (χ4n) is 3.98. The van der Waals surface area contributed by atoms with Crippen LogP contribution in [0.25, 0.3) is 4.96 Å². The fraction of sp³-hybridized carbons (Fsp3) is 0.333. The van der Waals surface area contributed by atoms with Gasteiger partial charge in [0, 0.05) is 36.7 Å². The second-order valence-electron chi connectivity index (χ2n) is 7.28. The van der Waals surface area contributed by atoms with Crippen molar-refractivity contribution in [3.8, 4) is 11.6 Å². The summed E-state index contributed by atoms with van der Waals surface area (Å²) < 4.78 is 6.83. The van der Waals surface area contributed by atoms with Gasteiger partial charge in [0.15, 0.2) is 0 Å². The van der Waals surface area contributed by atoms with E-state index in [4.69, 9.17) is 4.74 Å². The number of aromatic hydroxyl groups is 1. The summed E-state index contributed by atoms with van der Waals surface area (Å²) in [5.74, 6) is 1.74. The predicted molar refractivity (Wildman–Crippen MR) is 120 cm³/mol. The minimum Gasteiger partial charge on any atom is -0.497 e. The molecule has 4 aromatic rings. The first-order chi connectivity index (χ1) is 14.6. The number of hydrogen-bond donors (Lipinski definition) is 1. The molecule has 1 fully saturated rings. The lowest BCUT2D eigenvalue weighted by molar-refractivity contribution is 0.213. The van der Waals surface area contributed by atoms with Crippen molar-refractivity contribution in [2.75, 3.05) is 38.2 Å². The lowest BCUT2D eigenvalue weighted by Crippen LogP contribution is -2.47. The SMILES string of the molecule is COc1ccc(N2CCN([C@H](c3cccs3)c3sc4nc(C)nn4c3O)CC2)cc1. The van der Waals surface area contributed by atoms with E-state index in [0.717, 1.165) is 41.8 Å². The van der Waals surface area contributed by atoms with Gasteiger partial charge in [0.25, 0.3) is 0 Å². The molecule has 9 heteroatoms. The van der Waals surface area contributed by atoms with E-state index < -0.39 is 0 Å². The number of thiazole rings is 1. The molecule has 1 N–H and O–H groups in total. The molecule has 0 saturated carbocycles. The van der Waals surface area contributed by atoms with Gasteiger partial charge in [-0.05, 0) is 42.6 Å². The van der Waals surface area contributed by atoms with Crippen molar-refractivity contribution < 1.29 is 9.84 Å². The number of aryl methyl sites for hydroxylation is 1. The van der Waals surface area contributed by atoms with Crippen LogP contribution < -0.4 is 9.64 Å². The molecule has 3 aromatic heterocycles. The van der Waals surface area contributed by atoms with Crippen molar-refractivity contribution in [2.45, 2.75) is 13.0 Å². The molecule has 0 amide bonds. The van der Waals surface area contributed by atoms with Gasteiger partial charge in [-0.3, -0.25) is 4.90 Å². The molecule has 1 aromatic carbocycles. The monoisotopic (exact) mass is 441 g/mol. The molecule has 5 rings (SSSR count). The molecule has 156 valence electrons. The zero-order valence-corrected chi connectivity index (χ0v) is 18.5. The molecule has 1 saturated heterocycles. The smallest absolute Gasteiger partial charge is 0.230 e. The molecular weight excluding hydrogens is 418 g/mol. The average Bonchev–Trinajstić information content (AvgIpc) is 3.49. The number of hydrogen-bond acceptors (Lipinski definition) is 8. The van der Waals surface area contributed by atoms with Crippen molar-refractivity contribution in [1.29, 1.82) is 0 Å². The lowest BCUT2D eigenvalue weighted by atomic mass is 10.1. The Morgan fingerprint density at radius 2 is 1.87 bits per heavy atom. The standard InChI is InChI=1S/C21H23N5O2S2/c1-14-22-21-26(23-14)20(27)19(30-21)18(17-4-3-13-29-17)25-11-9-24(10-12-25)15-5-7-16(28-2)8-6-15/h3-8,13,18,27H,9-12H2,1-2H3/t18-/m1/s1. The first-order valence-corrected chi connectivity index (χ1v) is 11.5. The first kappa shape index (κ1) is 19.3. The molecule has 7 nitrogen and oxygen atoms in total. The largest absolute Gasteiger partial charge is 0.497 e. The third-order valence-corrected chi connectivity index (χ3v) is 7.48. The molecular formula is C21H23N5O2S2. The number of aromatic nitrogens is 3. The third-order valence-electron chi connectivity index (χ3n) is 5.48. The second kappa shape index (κ2) is 7.90. The lowest BCUT2D eigenvalue weighted by Gasteiger charge is -2.39. The number of fused-ring (bicyclic) bond motifs is 1. The van der Waals surface area contributed by atoms with Crippen LogP contribution in [-0.4, -0.2) is 57.9 Å². The molecule has 0 radical (unpaired) electrons. The molecule has 1 aliphatic heterocycles. The summed E-state index contributed by atoms with van der Waals surface area (Å²) in [6, 6.07) is 12.5. The number of piperazine rings is 1. The Morgan fingerprint density at radius 3 is 2.50 bits per heavy atom. The van der Waals surface area contributed by atoms with E-state index in [1.165, 1.54) is 21.9 Å².